The van der Waals surface area contributed by atoms with Crippen molar-refractivity contribution in [1.29, 1.82) is 0 Å². The van der Waals surface area contributed by atoms with Gasteiger partial charge in [-0.25, -0.2) is 4.79 Å². The largest absolute Gasteiger partial charge is 0.465 e. The highest BCUT2D eigenvalue weighted by molar-refractivity contribution is 6.08. The minimum absolute atomic E-state index is 0.0712. The highest BCUT2D eigenvalue weighted by Gasteiger charge is 2.32. The molecular formula is C22H22F3N5O3. The zero-order valence-electron chi connectivity index (χ0n) is 17.9. The van der Waals surface area contributed by atoms with Gasteiger partial charge in [-0.3, -0.25) is 14.4 Å². The fourth-order valence-electron chi connectivity index (χ4n) is 3.16. The van der Waals surface area contributed by atoms with Crippen LogP contribution in [0.25, 0.3) is 0 Å². The zero-order valence-corrected chi connectivity index (χ0v) is 17.9. The summed E-state index contributed by atoms with van der Waals surface area (Å²) in [6.45, 7) is 0.346. The summed E-state index contributed by atoms with van der Waals surface area (Å²) in [5, 5.41) is 16.2. The average Bonchev–Trinajstić information content (AvgIpc) is 3.20. The number of alkyl halides is 3. The van der Waals surface area contributed by atoms with Crippen LogP contribution >= 0.6 is 0 Å². The molecule has 0 saturated carbocycles. The molecule has 33 heavy (non-hydrogen) atoms. The van der Waals surface area contributed by atoms with Crippen LogP contribution in [0.5, 0.6) is 0 Å². The van der Waals surface area contributed by atoms with E-state index in [2.05, 4.69) is 10.4 Å². The molecule has 2 N–H and O–H groups in total. The van der Waals surface area contributed by atoms with Crippen LogP contribution in [0.2, 0.25) is 0 Å². The molecule has 0 aliphatic rings. The van der Waals surface area contributed by atoms with Gasteiger partial charge < -0.3 is 15.3 Å². The summed E-state index contributed by atoms with van der Waals surface area (Å²) in [4.78, 5) is 26.9. The lowest BCUT2D eigenvalue weighted by Gasteiger charge is -2.19. The number of carbonyl (C=O) groups excluding carboxylic acids is 1. The lowest BCUT2D eigenvalue weighted by Crippen LogP contribution is -2.32. The molecule has 8 nitrogen and oxygen atoms in total. The number of hydrogen-bond donors (Lipinski definition) is 2. The lowest BCUT2D eigenvalue weighted by molar-refractivity contribution is -0.137. The number of carboxylic acid groups (broad SMARTS) is 1. The third-order valence-corrected chi connectivity index (χ3v) is 4.79. The van der Waals surface area contributed by atoms with E-state index in [1.807, 2.05) is 0 Å². The Labute approximate surface area is 187 Å². The molecule has 0 unspecified atom stereocenters. The van der Waals surface area contributed by atoms with E-state index >= 15 is 0 Å². The molecule has 0 atom stereocenters. The molecule has 2 aromatic carbocycles. The first-order valence-electron chi connectivity index (χ1n) is 9.84. The van der Waals surface area contributed by atoms with Gasteiger partial charge in [0.05, 0.1) is 29.6 Å². The number of hydrogen-bond acceptors (Lipinski definition) is 4. The quantitative estimate of drug-likeness (QED) is 0.544. The summed E-state index contributed by atoms with van der Waals surface area (Å²) >= 11 is 0. The van der Waals surface area contributed by atoms with Gasteiger partial charge in [0.1, 0.15) is 0 Å². The van der Waals surface area contributed by atoms with Gasteiger partial charge in [0, 0.05) is 38.2 Å². The topological polar surface area (TPSA) is 90.7 Å². The number of aromatic nitrogens is 2. The predicted octanol–water partition coefficient (Wildman–Crippen LogP) is 4.40. The van der Waals surface area contributed by atoms with Crippen LogP contribution in [0, 0.1) is 0 Å². The van der Waals surface area contributed by atoms with Crippen molar-refractivity contribution in [2.75, 3.05) is 35.8 Å². The van der Waals surface area contributed by atoms with Crippen molar-refractivity contribution in [2.24, 2.45) is 0 Å². The molecule has 3 rings (SSSR count). The maximum absolute atomic E-state index is 13.0. The Balaban J connectivity index is 1.70. The van der Waals surface area contributed by atoms with E-state index in [1.54, 1.807) is 44.4 Å². The number of anilines is 3. The fraction of sp³-hybridized carbons (Fsp3) is 0.227. The van der Waals surface area contributed by atoms with E-state index in [0.29, 0.717) is 11.4 Å². The molecule has 0 bridgehead atoms. The number of nitrogens with one attached hydrogen (secondary N) is 1. The Bertz CT molecular complexity index is 1130. The van der Waals surface area contributed by atoms with Crippen LogP contribution < -0.4 is 15.1 Å². The molecule has 1 aromatic heterocycles. The lowest BCUT2D eigenvalue weighted by atomic mass is 10.1. The first kappa shape index (κ1) is 23.6. The minimum Gasteiger partial charge on any atom is -0.465 e. The molecule has 0 aliphatic carbocycles. The van der Waals surface area contributed by atoms with Crippen LogP contribution in [-0.4, -0.2) is 47.5 Å². The number of rotatable bonds is 7. The van der Waals surface area contributed by atoms with E-state index in [0.717, 1.165) is 18.2 Å². The van der Waals surface area contributed by atoms with E-state index in [9.17, 15) is 27.9 Å². The average molecular weight is 461 g/mol. The van der Waals surface area contributed by atoms with Gasteiger partial charge in [-0.15, -0.1) is 0 Å². The van der Waals surface area contributed by atoms with Crippen molar-refractivity contribution in [3.63, 3.8) is 0 Å². The van der Waals surface area contributed by atoms with E-state index in [1.165, 1.54) is 26.9 Å². The summed E-state index contributed by atoms with van der Waals surface area (Å²) in [7, 11) is 3.09. The number of para-hydroxylation sites is 1. The van der Waals surface area contributed by atoms with Crippen molar-refractivity contribution in [2.45, 2.75) is 12.7 Å². The first-order chi connectivity index (χ1) is 15.6. The number of nitrogens with zero attached hydrogens (tertiary/aromatic N) is 4. The molecule has 1 heterocycles. The standard InChI is InChI=1S/C22H22F3N5O3/c1-28(2)19-12-15(22(23,24)25)8-9-18(19)20(31)27-16-13-26-29(14-16)10-11-30(21(32)33)17-6-4-3-5-7-17/h3-9,12-14H,10-11H2,1-2H3,(H,27,31)(H,32,33). The van der Waals surface area contributed by atoms with E-state index in [-0.39, 0.29) is 24.3 Å². The Hall–Kier alpha value is -4.02. The van der Waals surface area contributed by atoms with Crippen LogP contribution in [0.3, 0.4) is 0 Å². The second kappa shape index (κ2) is 9.63. The van der Waals surface area contributed by atoms with Gasteiger partial charge in [-0.05, 0) is 30.3 Å². The molecular weight excluding hydrogens is 439 g/mol. The maximum atomic E-state index is 13.0. The summed E-state index contributed by atoms with van der Waals surface area (Å²) < 4.78 is 40.6. The minimum atomic E-state index is -4.52. The van der Waals surface area contributed by atoms with Crippen LogP contribution in [0.1, 0.15) is 15.9 Å². The number of benzene rings is 2. The van der Waals surface area contributed by atoms with Crippen molar-refractivity contribution in [3.8, 4) is 0 Å². The molecule has 0 saturated heterocycles. The van der Waals surface area contributed by atoms with Gasteiger partial charge in [0.25, 0.3) is 5.91 Å². The third-order valence-electron chi connectivity index (χ3n) is 4.79. The van der Waals surface area contributed by atoms with Gasteiger partial charge in [-0.2, -0.15) is 18.3 Å². The maximum Gasteiger partial charge on any atom is 0.416 e. The van der Waals surface area contributed by atoms with Crippen molar-refractivity contribution in [1.82, 2.24) is 9.78 Å². The molecule has 11 heteroatoms. The molecule has 0 aliphatic heterocycles. The highest BCUT2D eigenvalue weighted by atomic mass is 19.4. The van der Waals surface area contributed by atoms with Gasteiger partial charge in [0.2, 0.25) is 0 Å². The second-order valence-electron chi connectivity index (χ2n) is 7.34. The number of carbonyl (C=O) groups is 2. The summed E-state index contributed by atoms with van der Waals surface area (Å²) in [5.41, 5.74) is 0.184. The summed E-state index contributed by atoms with van der Waals surface area (Å²) in [6.07, 6.45) is -2.74. The van der Waals surface area contributed by atoms with Gasteiger partial charge in [-0.1, -0.05) is 18.2 Å². The molecule has 2 amide bonds. The third kappa shape index (κ3) is 5.82. The predicted molar refractivity (Wildman–Crippen MR) is 118 cm³/mol. The molecule has 3 aromatic rings. The molecule has 0 spiro atoms. The van der Waals surface area contributed by atoms with Crippen molar-refractivity contribution < 1.29 is 27.9 Å². The Morgan fingerprint density at radius 1 is 1.12 bits per heavy atom. The molecule has 174 valence electrons. The van der Waals surface area contributed by atoms with Gasteiger partial charge in [0.15, 0.2) is 0 Å². The SMILES string of the molecule is CN(C)c1cc(C(F)(F)F)ccc1C(=O)Nc1cnn(CCN(C(=O)O)c2ccccc2)c1. The monoisotopic (exact) mass is 461 g/mol. The number of halogens is 3. The summed E-state index contributed by atoms with van der Waals surface area (Å²) in [5.74, 6) is -0.594. The van der Waals surface area contributed by atoms with Crippen LogP contribution in [-0.2, 0) is 12.7 Å². The van der Waals surface area contributed by atoms with E-state index in [4.69, 9.17) is 0 Å². The second-order valence-corrected chi connectivity index (χ2v) is 7.34. The normalized spacial score (nSPS) is 11.2. The Morgan fingerprint density at radius 2 is 1.82 bits per heavy atom. The van der Waals surface area contributed by atoms with Gasteiger partial charge >= 0.3 is 12.3 Å². The highest BCUT2D eigenvalue weighted by Crippen LogP contribution is 2.33. The van der Waals surface area contributed by atoms with E-state index < -0.39 is 23.7 Å². The number of amides is 2. The molecule has 0 fully saturated rings. The Kier molecular flexibility index (Phi) is 6.90. The first-order valence-corrected chi connectivity index (χ1v) is 9.84. The van der Waals surface area contributed by atoms with Crippen molar-refractivity contribution >= 4 is 29.1 Å². The zero-order chi connectivity index (χ0) is 24.2. The Morgan fingerprint density at radius 3 is 2.42 bits per heavy atom. The van der Waals surface area contributed by atoms with Crippen LogP contribution in [0.15, 0.2) is 60.9 Å². The van der Waals surface area contributed by atoms with Crippen LogP contribution in [0.4, 0.5) is 35.0 Å². The fourth-order valence-corrected chi connectivity index (χ4v) is 3.16. The summed E-state index contributed by atoms with van der Waals surface area (Å²) in [6, 6.07) is 11.5. The molecule has 0 radical (unpaired) electrons. The van der Waals surface area contributed by atoms with Crippen molar-refractivity contribution in [3.05, 3.63) is 72.1 Å². The smallest absolute Gasteiger partial charge is 0.416 e.